The van der Waals surface area contributed by atoms with E-state index in [0.717, 1.165) is 0 Å². The molecule has 2 heterocycles. The molecule has 0 aliphatic heterocycles. The lowest BCUT2D eigenvalue weighted by atomic mass is 10.3. The van der Waals surface area contributed by atoms with Crippen LogP contribution in [0.25, 0.3) is 0 Å². The quantitative estimate of drug-likeness (QED) is 0.709. The first-order valence-corrected chi connectivity index (χ1v) is 7.61. The molecule has 0 unspecified atom stereocenters. The van der Waals surface area contributed by atoms with Crippen molar-refractivity contribution in [2.24, 2.45) is 0 Å². The number of ether oxygens (including phenoxy) is 1. The number of rotatable bonds is 6. The van der Waals surface area contributed by atoms with Gasteiger partial charge in [0.25, 0.3) is 5.91 Å². The summed E-state index contributed by atoms with van der Waals surface area (Å²) in [5.41, 5.74) is 0.439. The van der Waals surface area contributed by atoms with Gasteiger partial charge in [0.1, 0.15) is 11.6 Å². The number of anilines is 1. The van der Waals surface area contributed by atoms with Crippen molar-refractivity contribution < 1.29 is 23.1 Å². The summed E-state index contributed by atoms with van der Waals surface area (Å²) < 4.78 is 23.2. The highest BCUT2D eigenvalue weighted by molar-refractivity contribution is 5.97. The number of halogens is 1. The lowest BCUT2D eigenvalue weighted by molar-refractivity contribution is -0.115. The van der Waals surface area contributed by atoms with E-state index >= 15 is 0 Å². The zero-order valence-electron chi connectivity index (χ0n) is 13.4. The fraction of sp³-hybridized carbons (Fsp3) is 0.0556. The Morgan fingerprint density at radius 2 is 1.92 bits per heavy atom. The van der Waals surface area contributed by atoms with Gasteiger partial charge in [0.2, 0.25) is 11.8 Å². The van der Waals surface area contributed by atoms with Gasteiger partial charge in [-0.15, -0.1) is 0 Å². The minimum Gasteiger partial charge on any atom is -0.459 e. The van der Waals surface area contributed by atoms with Crippen LogP contribution in [0.5, 0.6) is 11.6 Å². The van der Waals surface area contributed by atoms with Crippen molar-refractivity contribution in [2.45, 2.75) is 0 Å². The highest BCUT2D eigenvalue weighted by Gasteiger charge is 2.10. The van der Waals surface area contributed by atoms with Crippen molar-refractivity contribution in [3.8, 4) is 11.6 Å². The summed E-state index contributed by atoms with van der Waals surface area (Å²) in [5.74, 6) is -0.397. The highest BCUT2D eigenvalue weighted by Crippen LogP contribution is 2.20. The molecule has 0 saturated carbocycles. The molecule has 3 aromatic rings. The zero-order chi connectivity index (χ0) is 18.4. The van der Waals surface area contributed by atoms with Crippen LogP contribution in [0, 0.1) is 5.82 Å². The molecule has 0 radical (unpaired) electrons. The van der Waals surface area contributed by atoms with E-state index in [1.54, 1.807) is 18.2 Å². The van der Waals surface area contributed by atoms with Crippen molar-refractivity contribution >= 4 is 17.5 Å². The van der Waals surface area contributed by atoms with Crippen molar-refractivity contribution in [1.29, 1.82) is 0 Å². The molecule has 0 aliphatic carbocycles. The molecular weight excluding hydrogens is 341 g/mol. The maximum atomic E-state index is 12.8. The SMILES string of the molecule is O=C(CNC(=O)c1ccco1)Nc1ccc(Oc2ccc(F)cc2)nc1. The molecule has 0 atom stereocenters. The number of furan rings is 1. The van der Waals surface area contributed by atoms with Crippen LogP contribution in [0.4, 0.5) is 10.1 Å². The topological polar surface area (TPSA) is 93.5 Å². The predicted molar refractivity (Wildman–Crippen MR) is 90.4 cm³/mol. The molecule has 0 spiro atoms. The minimum atomic E-state index is -0.480. The smallest absolute Gasteiger partial charge is 0.287 e. The maximum Gasteiger partial charge on any atom is 0.287 e. The summed E-state index contributed by atoms with van der Waals surface area (Å²) >= 11 is 0. The molecule has 0 saturated heterocycles. The Hall–Kier alpha value is -3.68. The van der Waals surface area contributed by atoms with Crippen molar-refractivity contribution in [2.75, 3.05) is 11.9 Å². The van der Waals surface area contributed by atoms with E-state index in [2.05, 4.69) is 15.6 Å². The second-order valence-electron chi connectivity index (χ2n) is 5.15. The fourth-order valence-electron chi connectivity index (χ4n) is 2.00. The first-order chi connectivity index (χ1) is 12.6. The Kier molecular flexibility index (Phi) is 5.23. The molecule has 7 nitrogen and oxygen atoms in total. The maximum absolute atomic E-state index is 12.8. The average molecular weight is 355 g/mol. The number of carbonyl (C=O) groups excluding carboxylic acids is 2. The van der Waals surface area contributed by atoms with Gasteiger partial charge in [-0.2, -0.15) is 0 Å². The van der Waals surface area contributed by atoms with Crippen LogP contribution in [-0.4, -0.2) is 23.3 Å². The molecule has 1 aromatic carbocycles. The largest absolute Gasteiger partial charge is 0.459 e. The Bertz CT molecular complexity index is 878. The molecular formula is C18H14FN3O4. The third-order valence-corrected chi connectivity index (χ3v) is 3.21. The van der Waals surface area contributed by atoms with Gasteiger partial charge in [0.15, 0.2) is 5.76 Å². The number of benzene rings is 1. The van der Waals surface area contributed by atoms with E-state index in [4.69, 9.17) is 9.15 Å². The summed E-state index contributed by atoms with van der Waals surface area (Å²) in [7, 11) is 0. The standard InChI is InChI=1S/C18H14FN3O4/c19-12-3-6-14(7-4-12)26-17-8-5-13(10-20-17)22-16(23)11-21-18(24)15-2-1-9-25-15/h1-10H,11H2,(H,21,24)(H,22,23). The summed E-state index contributed by atoms with van der Waals surface area (Å²) in [6.07, 6.45) is 2.78. The molecule has 26 heavy (non-hydrogen) atoms. The Morgan fingerprint density at radius 3 is 2.58 bits per heavy atom. The molecule has 132 valence electrons. The highest BCUT2D eigenvalue weighted by atomic mass is 19.1. The second kappa shape index (κ2) is 7.93. The molecule has 8 heteroatoms. The molecule has 2 amide bonds. The summed E-state index contributed by atoms with van der Waals surface area (Å²) in [5, 5.41) is 5.02. The Morgan fingerprint density at radius 1 is 1.12 bits per heavy atom. The number of aromatic nitrogens is 1. The van der Waals surface area contributed by atoms with Crippen LogP contribution in [-0.2, 0) is 4.79 Å². The number of nitrogens with one attached hydrogen (secondary N) is 2. The normalized spacial score (nSPS) is 10.2. The lowest BCUT2D eigenvalue weighted by Gasteiger charge is -2.07. The third-order valence-electron chi connectivity index (χ3n) is 3.21. The van der Waals surface area contributed by atoms with E-state index in [1.807, 2.05) is 0 Å². The van der Waals surface area contributed by atoms with Crippen molar-refractivity contribution in [3.05, 3.63) is 72.6 Å². The van der Waals surface area contributed by atoms with E-state index < -0.39 is 11.8 Å². The number of hydrogen-bond acceptors (Lipinski definition) is 5. The molecule has 0 fully saturated rings. The van der Waals surface area contributed by atoms with Gasteiger partial charge in [-0.3, -0.25) is 9.59 Å². The number of amides is 2. The van der Waals surface area contributed by atoms with E-state index in [0.29, 0.717) is 17.3 Å². The van der Waals surface area contributed by atoms with Crippen molar-refractivity contribution in [3.63, 3.8) is 0 Å². The van der Waals surface area contributed by atoms with E-state index in [1.165, 1.54) is 42.8 Å². The Labute approximate surface area is 147 Å². The van der Waals surface area contributed by atoms with Gasteiger partial charge in [-0.05, 0) is 42.5 Å². The number of carbonyl (C=O) groups is 2. The van der Waals surface area contributed by atoms with Crippen LogP contribution in [0.3, 0.4) is 0 Å². The first-order valence-electron chi connectivity index (χ1n) is 7.61. The summed E-state index contributed by atoms with van der Waals surface area (Å²) in [6.45, 7) is -0.215. The average Bonchev–Trinajstić information content (AvgIpc) is 3.18. The fourth-order valence-corrected chi connectivity index (χ4v) is 2.00. The third kappa shape index (κ3) is 4.67. The van der Waals surface area contributed by atoms with Crippen LogP contribution < -0.4 is 15.4 Å². The van der Waals surface area contributed by atoms with Crippen molar-refractivity contribution in [1.82, 2.24) is 10.3 Å². The number of nitrogens with zero attached hydrogens (tertiary/aromatic N) is 1. The van der Waals surface area contributed by atoms with Crippen LogP contribution >= 0.6 is 0 Å². The molecule has 2 N–H and O–H groups in total. The molecule has 2 aromatic heterocycles. The van der Waals surface area contributed by atoms with Gasteiger partial charge < -0.3 is 19.8 Å². The molecule has 0 bridgehead atoms. The summed E-state index contributed by atoms with van der Waals surface area (Å²) in [6, 6.07) is 11.7. The van der Waals surface area contributed by atoms with E-state index in [9.17, 15) is 14.0 Å². The zero-order valence-corrected chi connectivity index (χ0v) is 13.4. The second-order valence-corrected chi connectivity index (χ2v) is 5.15. The number of pyridine rings is 1. The van der Waals surface area contributed by atoms with E-state index in [-0.39, 0.29) is 18.1 Å². The molecule has 0 aliphatic rings. The van der Waals surface area contributed by atoms with Crippen LogP contribution in [0.2, 0.25) is 0 Å². The van der Waals surface area contributed by atoms with Gasteiger partial charge in [-0.1, -0.05) is 0 Å². The van der Waals surface area contributed by atoms with Gasteiger partial charge in [0.05, 0.1) is 24.7 Å². The first kappa shape index (κ1) is 17.2. The lowest BCUT2D eigenvalue weighted by Crippen LogP contribution is -2.32. The van der Waals surface area contributed by atoms with Gasteiger partial charge in [-0.25, -0.2) is 9.37 Å². The van der Waals surface area contributed by atoms with Crippen LogP contribution in [0.1, 0.15) is 10.6 Å². The monoisotopic (exact) mass is 355 g/mol. The van der Waals surface area contributed by atoms with Gasteiger partial charge in [0, 0.05) is 6.07 Å². The summed E-state index contributed by atoms with van der Waals surface area (Å²) in [4.78, 5) is 27.6. The molecule has 3 rings (SSSR count). The van der Waals surface area contributed by atoms with Crippen LogP contribution in [0.15, 0.2) is 65.4 Å². The Balaban J connectivity index is 1.49. The minimum absolute atomic E-state index is 0.127. The van der Waals surface area contributed by atoms with Gasteiger partial charge >= 0.3 is 0 Å². The predicted octanol–water partition coefficient (Wildman–Crippen LogP) is 2.97. The number of hydrogen-bond donors (Lipinski definition) is 2.